The van der Waals surface area contributed by atoms with Gasteiger partial charge in [0.15, 0.2) is 11.5 Å². The van der Waals surface area contributed by atoms with Crippen molar-refractivity contribution in [2.24, 2.45) is 0 Å². The average Bonchev–Trinajstić information content (AvgIpc) is 2.61. The number of hydrogen-bond acceptors (Lipinski definition) is 4. The lowest BCUT2D eigenvalue weighted by Crippen LogP contribution is -2.30. The number of para-hydroxylation sites is 1. The molecule has 0 radical (unpaired) electrons. The van der Waals surface area contributed by atoms with E-state index in [9.17, 15) is 0 Å². The lowest BCUT2D eigenvalue weighted by molar-refractivity contribution is 0.354. The Balaban J connectivity index is 2.03. The van der Waals surface area contributed by atoms with Gasteiger partial charge in [-0.3, -0.25) is 0 Å². The Bertz CT molecular complexity index is 657. The van der Waals surface area contributed by atoms with Gasteiger partial charge in [-0.2, -0.15) is 0 Å². The summed E-state index contributed by atoms with van der Waals surface area (Å²) in [4.78, 5) is 0. The minimum atomic E-state index is 0.205. The summed E-state index contributed by atoms with van der Waals surface area (Å²) < 4.78 is 16.1. The fraction of sp³-hybridized carbons (Fsp3) is 0.400. The zero-order valence-electron chi connectivity index (χ0n) is 15.1. The molecule has 0 aliphatic carbocycles. The molecule has 24 heavy (non-hydrogen) atoms. The van der Waals surface area contributed by atoms with Crippen LogP contribution in [0.25, 0.3) is 0 Å². The minimum Gasteiger partial charge on any atom is -0.496 e. The second-order valence-corrected chi connectivity index (χ2v) is 5.92. The van der Waals surface area contributed by atoms with Crippen LogP contribution in [-0.2, 0) is 6.42 Å². The first kappa shape index (κ1) is 18.1. The second-order valence-electron chi connectivity index (χ2n) is 5.92. The largest absolute Gasteiger partial charge is 0.496 e. The van der Waals surface area contributed by atoms with Crippen LogP contribution in [0.2, 0.25) is 0 Å². The maximum absolute atomic E-state index is 5.45. The molecule has 2 atom stereocenters. The van der Waals surface area contributed by atoms with E-state index in [-0.39, 0.29) is 6.04 Å². The summed E-state index contributed by atoms with van der Waals surface area (Å²) >= 11 is 0. The Morgan fingerprint density at radius 3 is 2.17 bits per heavy atom. The van der Waals surface area contributed by atoms with Gasteiger partial charge in [0.1, 0.15) is 5.75 Å². The molecule has 0 spiro atoms. The van der Waals surface area contributed by atoms with Crippen molar-refractivity contribution in [1.29, 1.82) is 0 Å². The fourth-order valence-corrected chi connectivity index (χ4v) is 2.96. The van der Waals surface area contributed by atoms with Gasteiger partial charge in [-0.05, 0) is 44.0 Å². The Morgan fingerprint density at radius 2 is 1.50 bits per heavy atom. The van der Waals surface area contributed by atoms with Crippen LogP contribution in [-0.4, -0.2) is 27.4 Å². The van der Waals surface area contributed by atoms with Gasteiger partial charge in [0.25, 0.3) is 0 Å². The van der Waals surface area contributed by atoms with Crippen LogP contribution >= 0.6 is 0 Å². The lowest BCUT2D eigenvalue weighted by atomic mass is 10.0. The van der Waals surface area contributed by atoms with Gasteiger partial charge in [-0.1, -0.05) is 24.3 Å². The van der Waals surface area contributed by atoms with E-state index in [2.05, 4.69) is 31.3 Å². The van der Waals surface area contributed by atoms with Crippen molar-refractivity contribution in [3.63, 3.8) is 0 Å². The molecule has 4 heteroatoms. The first-order valence-corrected chi connectivity index (χ1v) is 8.19. The van der Waals surface area contributed by atoms with Gasteiger partial charge in [-0.25, -0.2) is 0 Å². The third kappa shape index (κ3) is 4.42. The molecule has 2 aromatic rings. The first-order valence-electron chi connectivity index (χ1n) is 8.19. The van der Waals surface area contributed by atoms with Crippen LogP contribution in [0.3, 0.4) is 0 Å². The van der Waals surface area contributed by atoms with Crippen molar-refractivity contribution in [3.8, 4) is 17.2 Å². The monoisotopic (exact) mass is 329 g/mol. The highest BCUT2D eigenvalue weighted by molar-refractivity contribution is 5.43. The SMILES string of the molecule is COc1ccc(CC(C)NC(C)c2ccccc2OC)cc1OC. The predicted molar refractivity (Wildman–Crippen MR) is 97.3 cm³/mol. The normalized spacial score (nSPS) is 13.2. The number of ether oxygens (including phenoxy) is 3. The number of rotatable bonds is 8. The summed E-state index contributed by atoms with van der Waals surface area (Å²) in [6.07, 6.45) is 0.903. The molecule has 0 saturated carbocycles. The van der Waals surface area contributed by atoms with Crippen molar-refractivity contribution in [1.82, 2.24) is 5.32 Å². The fourth-order valence-electron chi connectivity index (χ4n) is 2.96. The highest BCUT2D eigenvalue weighted by Gasteiger charge is 2.14. The summed E-state index contributed by atoms with van der Waals surface area (Å²) in [6, 6.07) is 14.7. The lowest BCUT2D eigenvalue weighted by Gasteiger charge is -2.22. The molecular weight excluding hydrogens is 302 g/mol. The van der Waals surface area contributed by atoms with E-state index >= 15 is 0 Å². The van der Waals surface area contributed by atoms with E-state index in [0.29, 0.717) is 6.04 Å². The van der Waals surface area contributed by atoms with E-state index < -0.39 is 0 Å². The molecular formula is C20H27NO3. The van der Waals surface area contributed by atoms with Gasteiger partial charge in [0, 0.05) is 17.6 Å². The zero-order chi connectivity index (χ0) is 17.5. The van der Waals surface area contributed by atoms with Crippen LogP contribution in [0.15, 0.2) is 42.5 Å². The molecule has 0 saturated heterocycles. The standard InChI is InChI=1S/C20H27NO3/c1-14(12-16-10-11-19(23-4)20(13-16)24-5)21-15(2)17-8-6-7-9-18(17)22-3/h6-11,13-15,21H,12H2,1-5H3. The Kier molecular flexibility index (Phi) is 6.50. The van der Waals surface area contributed by atoms with Crippen molar-refractivity contribution in [3.05, 3.63) is 53.6 Å². The maximum atomic E-state index is 5.45. The maximum Gasteiger partial charge on any atom is 0.160 e. The molecule has 2 unspecified atom stereocenters. The van der Waals surface area contributed by atoms with Crippen molar-refractivity contribution >= 4 is 0 Å². The van der Waals surface area contributed by atoms with Gasteiger partial charge in [0.2, 0.25) is 0 Å². The summed E-state index contributed by atoms with van der Waals surface area (Å²) in [5, 5.41) is 3.63. The molecule has 0 bridgehead atoms. The molecule has 0 aliphatic heterocycles. The molecule has 1 N–H and O–H groups in total. The summed E-state index contributed by atoms with van der Waals surface area (Å²) in [5.74, 6) is 2.43. The van der Waals surface area contributed by atoms with Crippen LogP contribution in [0.5, 0.6) is 17.2 Å². The molecule has 0 aliphatic rings. The van der Waals surface area contributed by atoms with E-state index in [1.54, 1.807) is 21.3 Å². The van der Waals surface area contributed by atoms with E-state index in [1.165, 1.54) is 11.1 Å². The summed E-state index contributed by atoms with van der Waals surface area (Å²) in [7, 11) is 5.02. The number of benzene rings is 2. The van der Waals surface area contributed by atoms with Crippen molar-refractivity contribution in [2.45, 2.75) is 32.4 Å². The highest BCUT2D eigenvalue weighted by atomic mass is 16.5. The van der Waals surface area contributed by atoms with Crippen LogP contribution in [0.4, 0.5) is 0 Å². The number of nitrogens with one attached hydrogen (secondary N) is 1. The third-order valence-electron chi connectivity index (χ3n) is 4.13. The number of hydrogen-bond donors (Lipinski definition) is 1. The second kappa shape index (κ2) is 8.60. The first-order chi connectivity index (χ1) is 11.6. The summed E-state index contributed by atoms with van der Waals surface area (Å²) in [6.45, 7) is 4.34. The molecule has 0 amide bonds. The minimum absolute atomic E-state index is 0.205. The van der Waals surface area contributed by atoms with E-state index in [4.69, 9.17) is 14.2 Å². The molecule has 2 rings (SSSR count). The predicted octanol–water partition coefficient (Wildman–Crippen LogP) is 3.99. The third-order valence-corrected chi connectivity index (χ3v) is 4.13. The Hall–Kier alpha value is -2.20. The van der Waals surface area contributed by atoms with E-state index in [1.807, 2.05) is 30.3 Å². The van der Waals surface area contributed by atoms with Crippen molar-refractivity contribution < 1.29 is 14.2 Å². The van der Waals surface area contributed by atoms with Gasteiger partial charge in [-0.15, -0.1) is 0 Å². The Morgan fingerprint density at radius 1 is 0.833 bits per heavy atom. The molecule has 0 aromatic heterocycles. The smallest absolute Gasteiger partial charge is 0.160 e. The van der Waals surface area contributed by atoms with Crippen LogP contribution in [0.1, 0.15) is 31.0 Å². The molecule has 2 aromatic carbocycles. The van der Waals surface area contributed by atoms with E-state index in [0.717, 1.165) is 23.7 Å². The van der Waals surface area contributed by atoms with Crippen LogP contribution < -0.4 is 19.5 Å². The van der Waals surface area contributed by atoms with Crippen LogP contribution in [0, 0.1) is 0 Å². The van der Waals surface area contributed by atoms with Gasteiger partial charge >= 0.3 is 0 Å². The summed E-state index contributed by atoms with van der Waals surface area (Å²) in [5.41, 5.74) is 2.37. The molecule has 0 fully saturated rings. The highest BCUT2D eigenvalue weighted by Crippen LogP contribution is 2.28. The quantitative estimate of drug-likeness (QED) is 0.795. The van der Waals surface area contributed by atoms with Crippen molar-refractivity contribution in [2.75, 3.05) is 21.3 Å². The molecule has 0 heterocycles. The Labute approximate surface area is 144 Å². The topological polar surface area (TPSA) is 39.7 Å². The molecule has 4 nitrogen and oxygen atoms in total. The van der Waals surface area contributed by atoms with Gasteiger partial charge in [0.05, 0.1) is 21.3 Å². The van der Waals surface area contributed by atoms with Gasteiger partial charge < -0.3 is 19.5 Å². The molecule has 130 valence electrons. The number of methoxy groups -OCH3 is 3. The average molecular weight is 329 g/mol. The zero-order valence-corrected chi connectivity index (χ0v) is 15.1.